The quantitative estimate of drug-likeness (QED) is 0.838. The van der Waals surface area contributed by atoms with Crippen molar-refractivity contribution in [1.82, 2.24) is 15.2 Å². The zero-order valence-electron chi connectivity index (χ0n) is 15.4. The van der Waals surface area contributed by atoms with Crippen molar-refractivity contribution in [1.29, 1.82) is 0 Å². The Labute approximate surface area is 158 Å². The van der Waals surface area contributed by atoms with Crippen molar-refractivity contribution in [2.24, 2.45) is 5.92 Å². The Balaban J connectivity index is 1.61. The van der Waals surface area contributed by atoms with E-state index in [2.05, 4.69) is 10.3 Å². The summed E-state index contributed by atoms with van der Waals surface area (Å²) in [5, 5.41) is 4.10. The second kappa shape index (κ2) is 8.73. The Bertz CT molecular complexity index is 736. The summed E-state index contributed by atoms with van der Waals surface area (Å²) in [7, 11) is 1.98. The zero-order chi connectivity index (χ0) is 18.5. The highest BCUT2D eigenvalue weighted by molar-refractivity contribution is 7.13. The molecule has 1 aliphatic rings. The molecule has 1 aromatic carbocycles. The number of amides is 1. The van der Waals surface area contributed by atoms with Crippen LogP contribution in [0.15, 0.2) is 24.3 Å². The minimum absolute atomic E-state index is 0.109. The van der Waals surface area contributed by atoms with Gasteiger partial charge in [-0.25, -0.2) is 9.37 Å². The van der Waals surface area contributed by atoms with Crippen LogP contribution in [-0.2, 0) is 6.42 Å². The number of carbonyl (C=O) groups excluding carboxylic acids is 1. The fourth-order valence-corrected chi connectivity index (χ4v) is 4.49. The molecule has 1 saturated heterocycles. The number of likely N-dealkylation sites (tertiary alicyclic amines) is 1. The number of nitrogens with zero attached hydrogens (tertiary/aromatic N) is 2. The van der Waals surface area contributed by atoms with Crippen molar-refractivity contribution in [3.63, 3.8) is 0 Å². The van der Waals surface area contributed by atoms with Crippen LogP contribution in [0.4, 0.5) is 4.39 Å². The smallest absolute Gasteiger partial charge is 0.265 e. The Hall–Kier alpha value is -1.79. The summed E-state index contributed by atoms with van der Waals surface area (Å²) in [6.45, 7) is 4.60. The fourth-order valence-electron chi connectivity index (χ4n) is 3.42. The first-order valence-corrected chi connectivity index (χ1v) is 10.0. The van der Waals surface area contributed by atoms with E-state index in [1.54, 1.807) is 12.1 Å². The van der Waals surface area contributed by atoms with Crippen LogP contribution in [0.3, 0.4) is 0 Å². The monoisotopic (exact) mass is 375 g/mol. The van der Waals surface area contributed by atoms with E-state index in [9.17, 15) is 9.18 Å². The highest BCUT2D eigenvalue weighted by atomic mass is 32.1. The molecule has 140 valence electrons. The van der Waals surface area contributed by atoms with E-state index in [4.69, 9.17) is 0 Å². The number of benzene rings is 1. The summed E-state index contributed by atoms with van der Waals surface area (Å²) >= 11 is 1.47. The van der Waals surface area contributed by atoms with Crippen LogP contribution in [0.5, 0.6) is 0 Å². The summed E-state index contributed by atoms with van der Waals surface area (Å²) in [6, 6.07) is 6.45. The van der Waals surface area contributed by atoms with Crippen molar-refractivity contribution in [2.75, 3.05) is 26.7 Å². The van der Waals surface area contributed by atoms with Gasteiger partial charge in [-0.1, -0.05) is 12.1 Å². The SMILES string of the molecule is CNCCC1CCN(C(=O)c2sc(Cc3ccc(F)cc3)nc2C)CC1. The van der Waals surface area contributed by atoms with E-state index in [-0.39, 0.29) is 11.7 Å². The van der Waals surface area contributed by atoms with Crippen molar-refractivity contribution < 1.29 is 9.18 Å². The van der Waals surface area contributed by atoms with Gasteiger partial charge in [-0.2, -0.15) is 0 Å². The summed E-state index contributed by atoms with van der Waals surface area (Å²) in [4.78, 5) is 20.2. The molecular weight excluding hydrogens is 349 g/mol. The molecule has 0 bridgehead atoms. The van der Waals surface area contributed by atoms with Crippen LogP contribution >= 0.6 is 11.3 Å². The van der Waals surface area contributed by atoms with Gasteiger partial charge in [0.15, 0.2) is 0 Å². The molecule has 1 aromatic heterocycles. The predicted octanol–water partition coefficient (Wildman–Crippen LogP) is 3.64. The number of rotatable bonds is 6. The lowest BCUT2D eigenvalue weighted by atomic mass is 9.93. The van der Waals surface area contributed by atoms with Crippen molar-refractivity contribution in [2.45, 2.75) is 32.6 Å². The summed E-state index contributed by atoms with van der Waals surface area (Å²) in [6.07, 6.45) is 3.96. The molecule has 1 aliphatic heterocycles. The van der Waals surface area contributed by atoms with Gasteiger partial charge in [0.25, 0.3) is 5.91 Å². The second-order valence-electron chi connectivity index (χ2n) is 6.95. The number of hydrogen-bond donors (Lipinski definition) is 1. The van der Waals surface area contributed by atoms with Crippen molar-refractivity contribution >= 4 is 17.2 Å². The van der Waals surface area contributed by atoms with Gasteiger partial charge in [-0.05, 0) is 63.4 Å². The molecule has 1 fully saturated rings. The average Bonchev–Trinajstić information content (AvgIpc) is 3.02. The Morgan fingerprint density at radius 3 is 2.65 bits per heavy atom. The summed E-state index contributed by atoms with van der Waals surface area (Å²) in [5.41, 5.74) is 1.80. The lowest BCUT2D eigenvalue weighted by molar-refractivity contribution is 0.0691. The van der Waals surface area contributed by atoms with E-state index in [1.165, 1.54) is 29.9 Å². The number of halogens is 1. The highest BCUT2D eigenvalue weighted by Crippen LogP contribution is 2.26. The zero-order valence-corrected chi connectivity index (χ0v) is 16.2. The number of nitrogens with one attached hydrogen (secondary N) is 1. The number of hydrogen-bond acceptors (Lipinski definition) is 4. The maximum Gasteiger partial charge on any atom is 0.265 e. The molecule has 0 spiro atoms. The van der Waals surface area contributed by atoms with E-state index >= 15 is 0 Å². The van der Waals surface area contributed by atoms with Gasteiger partial charge in [0.05, 0.1) is 10.7 Å². The third-order valence-electron chi connectivity index (χ3n) is 5.01. The first kappa shape index (κ1) is 19.0. The van der Waals surface area contributed by atoms with Gasteiger partial charge in [0.2, 0.25) is 0 Å². The third kappa shape index (κ3) is 4.68. The molecule has 0 saturated carbocycles. The topological polar surface area (TPSA) is 45.2 Å². The molecule has 0 radical (unpaired) electrons. The molecule has 2 heterocycles. The van der Waals surface area contributed by atoms with Crippen LogP contribution in [0.2, 0.25) is 0 Å². The summed E-state index contributed by atoms with van der Waals surface area (Å²) in [5.74, 6) is 0.582. The molecule has 4 nitrogen and oxygen atoms in total. The van der Waals surface area contributed by atoms with Gasteiger partial charge in [0, 0.05) is 19.5 Å². The largest absolute Gasteiger partial charge is 0.338 e. The minimum Gasteiger partial charge on any atom is -0.338 e. The maximum absolute atomic E-state index is 13.0. The molecule has 0 unspecified atom stereocenters. The molecule has 0 atom stereocenters. The average molecular weight is 376 g/mol. The van der Waals surface area contributed by atoms with Crippen LogP contribution < -0.4 is 5.32 Å². The minimum atomic E-state index is -0.238. The van der Waals surface area contributed by atoms with Gasteiger partial charge < -0.3 is 10.2 Å². The Morgan fingerprint density at radius 2 is 2.00 bits per heavy atom. The van der Waals surface area contributed by atoms with Crippen molar-refractivity contribution in [3.05, 3.63) is 51.2 Å². The number of piperidine rings is 1. The number of aryl methyl sites for hydroxylation is 1. The molecule has 3 rings (SSSR count). The molecular formula is C20H26FN3OS. The summed E-state index contributed by atoms with van der Waals surface area (Å²) < 4.78 is 13.0. The maximum atomic E-state index is 13.0. The van der Waals surface area contributed by atoms with E-state index in [0.29, 0.717) is 12.3 Å². The first-order chi connectivity index (χ1) is 12.6. The third-order valence-corrected chi connectivity index (χ3v) is 6.15. The van der Waals surface area contributed by atoms with Crippen LogP contribution in [0.1, 0.15) is 45.2 Å². The highest BCUT2D eigenvalue weighted by Gasteiger charge is 2.26. The molecule has 26 heavy (non-hydrogen) atoms. The predicted molar refractivity (Wildman–Crippen MR) is 103 cm³/mol. The van der Waals surface area contributed by atoms with Crippen molar-refractivity contribution in [3.8, 4) is 0 Å². The van der Waals surface area contributed by atoms with Crippen LogP contribution in [-0.4, -0.2) is 42.5 Å². The number of aromatic nitrogens is 1. The van der Waals surface area contributed by atoms with Crippen LogP contribution in [0, 0.1) is 18.7 Å². The normalized spacial score (nSPS) is 15.4. The molecule has 2 aromatic rings. The van der Waals surface area contributed by atoms with E-state index < -0.39 is 0 Å². The lowest BCUT2D eigenvalue weighted by Gasteiger charge is -2.31. The molecule has 1 N–H and O–H groups in total. The van der Waals surface area contributed by atoms with E-state index in [0.717, 1.165) is 53.6 Å². The standard InChI is InChI=1S/C20H26FN3OS/c1-14-19(20(25)24-11-8-15(9-12-24)7-10-22-2)26-18(23-14)13-16-3-5-17(21)6-4-16/h3-6,15,22H,7-13H2,1-2H3. The van der Waals surface area contributed by atoms with Gasteiger partial charge >= 0.3 is 0 Å². The molecule has 0 aliphatic carbocycles. The van der Waals surface area contributed by atoms with Gasteiger partial charge in [0.1, 0.15) is 10.7 Å². The van der Waals surface area contributed by atoms with E-state index in [1.807, 2.05) is 18.9 Å². The fraction of sp³-hybridized carbons (Fsp3) is 0.500. The second-order valence-corrected chi connectivity index (χ2v) is 8.04. The van der Waals surface area contributed by atoms with Gasteiger partial charge in [-0.3, -0.25) is 4.79 Å². The van der Waals surface area contributed by atoms with Gasteiger partial charge in [-0.15, -0.1) is 11.3 Å². The Kier molecular flexibility index (Phi) is 6.38. The molecule has 1 amide bonds. The number of carbonyl (C=O) groups is 1. The first-order valence-electron chi connectivity index (χ1n) is 9.21. The lowest BCUT2D eigenvalue weighted by Crippen LogP contribution is -2.38. The number of thiazole rings is 1. The Morgan fingerprint density at radius 1 is 1.31 bits per heavy atom. The van der Waals surface area contributed by atoms with Crippen LogP contribution in [0.25, 0.3) is 0 Å². The molecule has 6 heteroatoms.